The van der Waals surface area contributed by atoms with E-state index < -0.39 is 0 Å². The van der Waals surface area contributed by atoms with Gasteiger partial charge in [-0.15, -0.1) is 0 Å². The molecule has 0 heterocycles. The Hall–Kier alpha value is 0.788. The van der Waals surface area contributed by atoms with Gasteiger partial charge in [0, 0.05) is 0 Å². The van der Waals surface area contributed by atoms with Crippen molar-refractivity contribution in [1.29, 1.82) is 0 Å². The van der Waals surface area contributed by atoms with Crippen LogP contribution in [0.1, 0.15) is 0 Å². The van der Waals surface area contributed by atoms with Crippen LogP contribution in [0.2, 0.25) is 13.1 Å². The van der Waals surface area contributed by atoms with Crippen molar-refractivity contribution in [1.82, 2.24) is 0 Å². The molecule has 0 fully saturated rings. The molecule has 0 aliphatic rings. The maximum Gasteiger partial charge on any atom is 0.229 e. The first-order chi connectivity index (χ1) is 3.91. The van der Waals surface area contributed by atoms with Crippen LogP contribution in [0.5, 0.6) is 0 Å². The minimum Gasteiger partial charge on any atom is -0.458 e. The van der Waals surface area contributed by atoms with Gasteiger partial charge in [-0.25, -0.2) is 0 Å². The molecule has 0 aliphatic carbocycles. The molecule has 0 atom stereocenters. The zero-order valence-electron chi connectivity index (χ0n) is 4.82. The summed E-state index contributed by atoms with van der Waals surface area (Å²) >= 11 is 0. The third kappa shape index (κ3) is 6.79. The molecule has 0 saturated heterocycles. The lowest BCUT2D eigenvalue weighted by Crippen LogP contribution is -2.14. The van der Waals surface area contributed by atoms with E-state index >= 15 is 0 Å². The SMILES string of the molecule is C[Si]O[Si][Si]O[Si]C. The quantitative estimate of drug-likeness (QED) is 0.414. The van der Waals surface area contributed by atoms with Crippen LogP contribution in [-0.2, 0) is 8.23 Å². The Labute approximate surface area is 59.9 Å². The van der Waals surface area contributed by atoms with E-state index in [0.29, 0.717) is 38.1 Å². The van der Waals surface area contributed by atoms with E-state index in [4.69, 9.17) is 8.23 Å². The molecule has 0 saturated carbocycles. The Kier molecular flexibility index (Phi) is 8.55. The molecule has 8 radical (unpaired) electrons. The second-order valence-electron chi connectivity index (χ2n) is 0.816. The van der Waals surface area contributed by atoms with Crippen LogP contribution < -0.4 is 0 Å². The van der Waals surface area contributed by atoms with E-state index in [2.05, 4.69) is 0 Å². The molecule has 6 heteroatoms. The second kappa shape index (κ2) is 7.79. The first-order valence-corrected chi connectivity index (χ1v) is 7.70. The molecule has 0 aromatic rings. The fourth-order valence-electron chi connectivity index (χ4n) is 0.144. The molecule has 2 nitrogen and oxygen atoms in total. The molecule has 0 N–H and O–H groups in total. The fraction of sp³-hybridized carbons (Fsp3) is 1.00. The lowest BCUT2D eigenvalue weighted by atomic mass is 11.9. The molecule has 0 bridgehead atoms. The third-order valence-corrected chi connectivity index (χ3v) is 4.97. The first-order valence-electron chi connectivity index (χ1n) is 2.07. The van der Waals surface area contributed by atoms with Gasteiger partial charge in [0.2, 0.25) is 38.1 Å². The van der Waals surface area contributed by atoms with Gasteiger partial charge in [-0.1, -0.05) is 0 Å². The normalized spacial score (nSPS) is 9.75. The zero-order valence-corrected chi connectivity index (χ0v) is 8.82. The summed E-state index contributed by atoms with van der Waals surface area (Å²) in [5.74, 6) is 0. The average Bonchev–Trinajstić information content (AvgIpc) is 1.81. The standard InChI is InChI=1S/C2H6O2Si4/c1-5-3-7-8-4-6-2/h1-2H3. The van der Waals surface area contributed by atoms with Gasteiger partial charge in [-0.3, -0.25) is 0 Å². The van der Waals surface area contributed by atoms with Crippen molar-refractivity contribution in [3.63, 3.8) is 0 Å². The molecule has 8 heavy (non-hydrogen) atoms. The molecular weight excluding hydrogens is 168 g/mol. The van der Waals surface area contributed by atoms with E-state index in [0.717, 1.165) is 0 Å². The van der Waals surface area contributed by atoms with E-state index in [1.807, 2.05) is 13.1 Å². The highest BCUT2D eigenvalue weighted by molar-refractivity contribution is 6.96. The summed E-state index contributed by atoms with van der Waals surface area (Å²) in [7, 11) is 2.35. The zero-order chi connectivity index (χ0) is 6.24. The fourth-order valence-corrected chi connectivity index (χ4v) is 3.88. The minimum atomic E-state index is 0.564. The Morgan fingerprint density at radius 2 is 1.25 bits per heavy atom. The molecular formula is C2H6O2Si4. The van der Waals surface area contributed by atoms with Gasteiger partial charge < -0.3 is 8.23 Å². The van der Waals surface area contributed by atoms with E-state index in [-0.39, 0.29) is 0 Å². The Morgan fingerprint density at radius 1 is 0.875 bits per heavy atom. The summed E-state index contributed by atoms with van der Waals surface area (Å²) in [5.41, 5.74) is 0. The molecule has 0 amide bonds. The molecule has 0 aromatic carbocycles. The Morgan fingerprint density at radius 3 is 1.50 bits per heavy atom. The van der Waals surface area contributed by atoms with Crippen molar-refractivity contribution in [3.05, 3.63) is 0 Å². The van der Waals surface area contributed by atoms with Crippen molar-refractivity contribution in [2.24, 2.45) is 0 Å². The van der Waals surface area contributed by atoms with Gasteiger partial charge in [0.25, 0.3) is 0 Å². The van der Waals surface area contributed by atoms with Gasteiger partial charge in [-0.2, -0.15) is 0 Å². The van der Waals surface area contributed by atoms with Crippen LogP contribution in [0.15, 0.2) is 0 Å². The Balaban J connectivity index is 2.53. The summed E-state index contributed by atoms with van der Waals surface area (Å²) in [4.78, 5) is 0. The minimum absolute atomic E-state index is 0.564. The summed E-state index contributed by atoms with van der Waals surface area (Å²) in [6, 6.07) is 0. The van der Waals surface area contributed by atoms with Gasteiger partial charge in [0.1, 0.15) is 0 Å². The van der Waals surface area contributed by atoms with Crippen LogP contribution in [0.4, 0.5) is 0 Å². The summed E-state index contributed by atoms with van der Waals surface area (Å²) in [6.45, 7) is 4.04. The third-order valence-electron chi connectivity index (χ3n) is 0.348. The van der Waals surface area contributed by atoms with Crippen molar-refractivity contribution < 1.29 is 8.23 Å². The van der Waals surface area contributed by atoms with Crippen LogP contribution in [0, 0.1) is 0 Å². The van der Waals surface area contributed by atoms with Crippen molar-refractivity contribution in [3.8, 4) is 0 Å². The maximum atomic E-state index is 5.08. The van der Waals surface area contributed by atoms with E-state index in [1.165, 1.54) is 0 Å². The highest BCUT2D eigenvalue weighted by Crippen LogP contribution is 1.66. The van der Waals surface area contributed by atoms with Gasteiger partial charge in [-0.05, 0) is 13.1 Å². The summed E-state index contributed by atoms with van der Waals surface area (Å²) < 4.78 is 10.2. The van der Waals surface area contributed by atoms with Gasteiger partial charge in [0.15, 0.2) is 0 Å². The van der Waals surface area contributed by atoms with Crippen LogP contribution in [-0.4, -0.2) is 38.1 Å². The Bertz CT molecular complexity index is 37.0. The summed E-state index contributed by atoms with van der Waals surface area (Å²) in [5, 5.41) is 0. The predicted molar refractivity (Wildman–Crippen MR) is 36.9 cm³/mol. The van der Waals surface area contributed by atoms with E-state index in [1.54, 1.807) is 0 Å². The smallest absolute Gasteiger partial charge is 0.229 e. The van der Waals surface area contributed by atoms with Crippen LogP contribution in [0.25, 0.3) is 0 Å². The molecule has 0 unspecified atom stereocenters. The largest absolute Gasteiger partial charge is 0.458 e. The lowest BCUT2D eigenvalue weighted by Gasteiger charge is -1.93. The molecule has 42 valence electrons. The van der Waals surface area contributed by atoms with E-state index in [9.17, 15) is 0 Å². The molecule has 0 spiro atoms. The van der Waals surface area contributed by atoms with Crippen LogP contribution >= 0.6 is 0 Å². The number of hydrogen-bond donors (Lipinski definition) is 0. The molecule has 0 aromatic heterocycles. The topological polar surface area (TPSA) is 18.5 Å². The maximum absolute atomic E-state index is 5.08. The number of hydrogen-bond acceptors (Lipinski definition) is 2. The van der Waals surface area contributed by atoms with Gasteiger partial charge in [0.05, 0.1) is 0 Å². The monoisotopic (exact) mass is 174 g/mol. The van der Waals surface area contributed by atoms with Crippen LogP contribution in [0.3, 0.4) is 0 Å². The van der Waals surface area contributed by atoms with Crippen molar-refractivity contribution in [2.75, 3.05) is 0 Å². The van der Waals surface area contributed by atoms with Crippen molar-refractivity contribution >= 4 is 38.1 Å². The second-order valence-corrected chi connectivity index (χ2v) is 4.90. The molecule has 0 rings (SSSR count). The average molecular weight is 174 g/mol. The van der Waals surface area contributed by atoms with Gasteiger partial charge >= 0.3 is 0 Å². The summed E-state index contributed by atoms with van der Waals surface area (Å²) in [6.07, 6.45) is 0. The number of rotatable bonds is 5. The predicted octanol–water partition coefficient (Wildman–Crippen LogP) is -0.492. The first kappa shape index (κ1) is 8.79. The van der Waals surface area contributed by atoms with Crippen molar-refractivity contribution in [2.45, 2.75) is 13.1 Å². The highest BCUT2D eigenvalue weighted by atomic mass is 29.2. The lowest BCUT2D eigenvalue weighted by molar-refractivity contribution is 0.627. The molecule has 0 aliphatic heterocycles. The highest BCUT2D eigenvalue weighted by Gasteiger charge is 1.90.